The van der Waals surface area contributed by atoms with Gasteiger partial charge in [-0.3, -0.25) is 4.79 Å². The molecule has 178 valence electrons. The van der Waals surface area contributed by atoms with Crippen LogP contribution in [0.3, 0.4) is 0 Å². The molecule has 2 fully saturated rings. The Labute approximate surface area is 200 Å². The van der Waals surface area contributed by atoms with E-state index in [4.69, 9.17) is 4.74 Å². The predicted molar refractivity (Wildman–Crippen MR) is 130 cm³/mol. The molecule has 2 saturated carbocycles. The summed E-state index contributed by atoms with van der Waals surface area (Å²) in [5, 5.41) is 12.6. The molecule has 1 aromatic heterocycles. The molecular formula is C25H37NO4S2. The minimum Gasteiger partial charge on any atom is -0.461 e. The number of Topliss-reactive ketones (excluding diaryl/α,β-unsaturated/α-hetero) is 1. The normalized spacial score (nSPS) is 24.2. The molecule has 0 bridgehead atoms. The van der Waals surface area contributed by atoms with Crippen molar-refractivity contribution in [3.05, 3.63) is 23.2 Å². The molecule has 0 aromatic carbocycles. The van der Waals surface area contributed by atoms with E-state index in [2.05, 4.69) is 17.1 Å². The Hall–Kier alpha value is -1.18. The van der Waals surface area contributed by atoms with Crippen LogP contribution in [-0.4, -0.2) is 39.8 Å². The lowest BCUT2D eigenvalue weighted by Crippen LogP contribution is -2.28. The second kappa shape index (κ2) is 12.3. The molecule has 32 heavy (non-hydrogen) atoms. The average Bonchev–Trinajstić information content (AvgIpc) is 3.36. The van der Waals surface area contributed by atoms with Crippen molar-refractivity contribution in [3.8, 4) is 0 Å². The van der Waals surface area contributed by atoms with E-state index in [1.165, 1.54) is 43.4 Å². The molecule has 0 unspecified atom stereocenters. The minimum absolute atomic E-state index is 0.0477. The molecule has 0 saturated heterocycles. The molecule has 5 nitrogen and oxygen atoms in total. The number of carbonyl (C=O) groups excluding carboxylic acids is 2. The fourth-order valence-corrected chi connectivity index (χ4v) is 6.92. The number of carbonyl (C=O) groups is 2. The smallest absolute Gasteiger partial charge is 0.357 e. The van der Waals surface area contributed by atoms with Crippen molar-refractivity contribution < 1.29 is 19.4 Å². The van der Waals surface area contributed by atoms with E-state index in [0.717, 1.165) is 29.4 Å². The Balaban J connectivity index is 1.44. The Morgan fingerprint density at radius 2 is 2.12 bits per heavy atom. The van der Waals surface area contributed by atoms with Crippen LogP contribution in [-0.2, 0) is 9.53 Å². The van der Waals surface area contributed by atoms with Gasteiger partial charge in [0.25, 0.3) is 0 Å². The Morgan fingerprint density at radius 1 is 1.34 bits per heavy atom. The number of hydrogen-bond acceptors (Lipinski definition) is 7. The van der Waals surface area contributed by atoms with Gasteiger partial charge in [-0.25, -0.2) is 9.78 Å². The van der Waals surface area contributed by atoms with Gasteiger partial charge in [0.1, 0.15) is 5.78 Å². The molecular weight excluding hydrogens is 442 g/mol. The highest BCUT2D eigenvalue weighted by Gasteiger charge is 2.33. The number of nitrogens with zero attached hydrogens (tertiary/aromatic N) is 1. The van der Waals surface area contributed by atoms with Crippen molar-refractivity contribution >= 4 is 34.9 Å². The Kier molecular flexibility index (Phi) is 9.80. The molecule has 2 aliphatic rings. The van der Waals surface area contributed by atoms with Gasteiger partial charge in [-0.05, 0) is 51.4 Å². The molecule has 7 heteroatoms. The van der Waals surface area contributed by atoms with Crippen molar-refractivity contribution in [2.75, 3.05) is 12.4 Å². The number of ether oxygens (including phenoxy) is 1. The summed E-state index contributed by atoms with van der Waals surface area (Å²) < 4.78 is 5.82. The van der Waals surface area contributed by atoms with Gasteiger partial charge in [0.15, 0.2) is 10.0 Å². The molecule has 0 aliphatic heterocycles. The fraction of sp³-hybridized carbons (Fsp3) is 0.720. The first-order chi connectivity index (χ1) is 15.4. The lowest BCUT2D eigenvalue weighted by Gasteiger charge is -2.30. The third kappa shape index (κ3) is 7.70. The maximum atomic E-state index is 12.4. The largest absolute Gasteiger partial charge is 0.461 e. The topological polar surface area (TPSA) is 76.5 Å². The lowest BCUT2D eigenvalue weighted by atomic mass is 9.80. The van der Waals surface area contributed by atoms with Crippen molar-refractivity contribution in [1.29, 1.82) is 0 Å². The molecule has 0 amide bonds. The van der Waals surface area contributed by atoms with Crippen molar-refractivity contribution in [1.82, 2.24) is 4.98 Å². The molecule has 1 aromatic rings. The number of esters is 1. The lowest BCUT2D eigenvalue weighted by molar-refractivity contribution is -0.121. The van der Waals surface area contributed by atoms with E-state index in [-0.39, 0.29) is 17.8 Å². The maximum Gasteiger partial charge on any atom is 0.357 e. The molecule has 3 rings (SSSR count). The van der Waals surface area contributed by atoms with E-state index < -0.39 is 5.60 Å². The minimum atomic E-state index is -0.659. The van der Waals surface area contributed by atoms with E-state index in [0.29, 0.717) is 36.8 Å². The Morgan fingerprint density at radius 3 is 2.88 bits per heavy atom. The van der Waals surface area contributed by atoms with E-state index in [1.807, 2.05) is 6.92 Å². The highest BCUT2D eigenvalue weighted by Crippen LogP contribution is 2.36. The highest BCUT2D eigenvalue weighted by atomic mass is 32.2. The van der Waals surface area contributed by atoms with Gasteiger partial charge in [0.2, 0.25) is 0 Å². The summed E-state index contributed by atoms with van der Waals surface area (Å²) in [4.78, 5) is 28.5. The number of thioether (sulfide) groups is 1. The van der Waals surface area contributed by atoms with Crippen molar-refractivity contribution in [2.24, 2.45) is 17.8 Å². The summed E-state index contributed by atoms with van der Waals surface area (Å²) in [5.41, 5.74) is -0.300. The summed E-state index contributed by atoms with van der Waals surface area (Å²) in [6.45, 7) is 4.08. The van der Waals surface area contributed by atoms with Crippen molar-refractivity contribution in [3.63, 3.8) is 0 Å². The van der Waals surface area contributed by atoms with Gasteiger partial charge in [-0.2, -0.15) is 0 Å². The second-order valence-corrected chi connectivity index (χ2v) is 11.7. The highest BCUT2D eigenvalue weighted by molar-refractivity contribution is 8.01. The van der Waals surface area contributed by atoms with Crippen LogP contribution >= 0.6 is 23.1 Å². The molecule has 1 N–H and O–H groups in total. The van der Waals surface area contributed by atoms with Gasteiger partial charge in [-0.1, -0.05) is 56.0 Å². The van der Waals surface area contributed by atoms with Crippen LogP contribution in [0.4, 0.5) is 0 Å². The van der Waals surface area contributed by atoms with Crippen LogP contribution in [0.2, 0.25) is 0 Å². The first kappa shape index (κ1) is 25.4. The monoisotopic (exact) mass is 479 g/mol. The van der Waals surface area contributed by atoms with Crippen LogP contribution in [0.15, 0.2) is 21.9 Å². The summed E-state index contributed by atoms with van der Waals surface area (Å²) in [6, 6.07) is 0. The number of thiazole rings is 1. The molecule has 3 atom stereocenters. The van der Waals surface area contributed by atoms with Crippen LogP contribution in [0.1, 0.15) is 88.5 Å². The fourth-order valence-electron chi connectivity index (χ4n) is 5.03. The number of rotatable bonds is 11. The zero-order valence-electron chi connectivity index (χ0n) is 19.4. The predicted octanol–water partition coefficient (Wildman–Crippen LogP) is 6.07. The van der Waals surface area contributed by atoms with E-state index in [1.54, 1.807) is 24.1 Å². The van der Waals surface area contributed by atoms with Crippen LogP contribution in [0.5, 0.6) is 0 Å². The number of aromatic nitrogens is 1. The van der Waals surface area contributed by atoms with Gasteiger partial charge < -0.3 is 9.84 Å². The molecule has 0 spiro atoms. The first-order valence-electron chi connectivity index (χ1n) is 12.0. The second-order valence-electron chi connectivity index (χ2n) is 9.47. The number of ketones is 1. The average molecular weight is 480 g/mol. The van der Waals surface area contributed by atoms with E-state index in [9.17, 15) is 14.7 Å². The quantitative estimate of drug-likeness (QED) is 0.236. The number of allylic oxidation sites excluding steroid dienone is 1. The summed E-state index contributed by atoms with van der Waals surface area (Å²) in [7, 11) is 0. The zero-order valence-corrected chi connectivity index (χ0v) is 21.0. The van der Waals surface area contributed by atoms with Crippen LogP contribution in [0, 0.1) is 17.8 Å². The van der Waals surface area contributed by atoms with Crippen LogP contribution < -0.4 is 0 Å². The molecule has 2 aliphatic carbocycles. The number of aliphatic hydroxyl groups is 1. The van der Waals surface area contributed by atoms with Gasteiger partial charge in [-0.15, -0.1) is 11.3 Å². The third-order valence-electron chi connectivity index (χ3n) is 6.67. The standard InChI is InChI=1S/C25H37NO4S2/c1-3-30-23(28)21-17-32-24(26-21)31-15-13-20-19(11-12-22(20)27)10-7-14-25(2,29)16-18-8-5-4-6-9-18/h7,10,17-20,29H,3-6,8-9,11-16H2,1-2H3/b10-7+/t19-,20+,25+/m0/s1. The summed E-state index contributed by atoms with van der Waals surface area (Å²) in [6.07, 6.45) is 14.6. The SMILES string of the molecule is CCOC(=O)c1csc(SCC[C@H]2C(=O)CC[C@@H]2/C=C/C[C@@](C)(O)CC2CCCCC2)n1. The van der Waals surface area contributed by atoms with Gasteiger partial charge in [0, 0.05) is 23.5 Å². The maximum absolute atomic E-state index is 12.4. The number of hydrogen-bond donors (Lipinski definition) is 1. The van der Waals surface area contributed by atoms with Gasteiger partial charge >= 0.3 is 5.97 Å². The molecule has 1 heterocycles. The summed E-state index contributed by atoms with van der Waals surface area (Å²) >= 11 is 3.04. The van der Waals surface area contributed by atoms with Gasteiger partial charge in [0.05, 0.1) is 12.2 Å². The Bertz CT molecular complexity index is 783. The van der Waals surface area contributed by atoms with Crippen LogP contribution in [0.25, 0.3) is 0 Å². The third-order valence-corrected chi connectivity index (χ3v) is 8.72. The first-order valence-corrected chi connectivity index (χ1v) is 13.9. The van der Waals surface area contributed by atoms with E-state index >= 15 is 0 Å². The summed E-state index contributed by atoms with van der Waals surface area (Å²) in [5.74, 6) is 1.73. The zero-order chi connectivity index (χ0) is 23.0. The molecule has 0 radical (unpaired) electrons. The van der Waals surface area contributed by atoms with Crippen molar-refractivity contribution in [2.45, 2.75) is 88.0 Å².